The molecular formula is C5H8O3. The van der Waals surface area contributed by atoms with Crippen LogP contribution in [0.4, 0.5) is 0 Å². The van der Waals surface area contributed by atoms with Crippen molar-refractivity contribution in [1.82, 2.24) is 0 Å². The molecule has 0 unspecified atom stereocenters. The monoisotopic (exact) mass is 120 g/mol. The van der Waals surface area contributed by atoms with E-state index in [0.29, 0.717) is 0 Å². The zero-order valence-electron chi connectivity index (χ0n) is 4.93. The topological polar surface area (TPSA) is 43.4 Å². The molecule has 0 atom stereocenters. The van der Waals surface area contributed by atoms with E-state index in [1.807, 2.05) is 0 Å². The van der Waals surface area contributed by atoms with Crippen LogP contribution < -0.4 is 0 Å². The standard InChI is InChI=1S/C5H8O3/c1-4(6)3-5(7)8-2/h3H2,1-2H3/i1+1,3+1,4+1,5+1. The molecule has 0 fully saturated rings. The Morgan fingerprint density at radius 3 is 2.12 bits per heavy atom. The highest BCUT2D eigenvalue weighted by Gasteiger charge is 2.01. The second kappa shape index (κ2) is 3.18. The van der Waals surface area contributed by atoms with Gasteiger partial charge in [-0.25, -0.2) is 0 Å². The van der Waals surface area contributed by atoms with E-state index in [1.165, 1.54) is 14.0 Å². The van der Waals surface area contributed by atoms with Crippen LogP contribution >= 0.6 is 0 Å². The third-order valence-corrected chi connectivity index (χ3v) is 0.621. The number of ether oxygens (including phenoxy) is 1. The number of esters is 1. The molecule has 0 aliphatic rings. The van der Waals surface area contributed by atoms with Gasteiger partial charge in [0.05, 0.1) is 7.11 Å². The van der Waals surface area contributed by atoms with Gasteiger partial charge in [-0.3, -0.25) is 9.59 Å². The van der Waals surface area contributed by atoms with Crippen molar-refractivity contribution in [3.63, 3.8) is 0 Å². The zero-order valence-corrected chi connectivity index (χ0v) is 4.93. The van der Waals surface area contributed by atoms with Gasteiger partial charge in [-0.1, -0.05) is 0 Å². The minimum absolute atomic E-state index is 0.115. The number of carbonyl (C=O) groups excluding carboxylic acids is 2. The van der Waals surface area contributed by atoms with E-state index >= 15 is 0 Å². The van der Waals surface area contributed by atoms with Crippen molar-refractivity contribution in [3.05, 3.63) is 0 Å². The van der Waals surface area contributed by atoms with Crippen LogP contribution in [0.15, 0.2) is 0 Å². The summed E-state index contributed by atoms with van der Waals surface area (Å²) in [7, 11) is 1.26. The molecule has 0 bridgehead atoms. The summed E-state index contributed by atoms with van der Waals surface area (Å²) in [6.45, 7) is 1.34. The van der Waals surface area contributed by atoms with E-state index in [4.69, 9.17) is 0 Å². The first-order chi connectivity index (χ1) is 3.66. The molecule has 3 heteroatoms. The predicted molar refractivity (Wildman–Crippen MR) is 27.3 cm³/mol. The molecule has 0 saturated heterocycles. The molecule has 0 aliphatic heterocycles. The van der Waals surface area contributed by atoms with Crippen LogP contribution in [-0.2, 0) is 14.3 Å². The van der Waals surface area contributed by atoms with Crippen molar-refractivity contribution in [3.8, 4) is 0 Å². The number of ketones is 1. The number of hydrogen-bond acceptors (Lipinski definition) is 3. The van der Waals surface area contributed by atoms with Crippen molar-refractivity contribution in [2.75, 3.05) is 7.11 Å². The van der Waals surface area contributed by atoms with Gasteiger partial charge in [0.15, 0.2) is 0 Å². The van der Waals surface area contributed by atoms with Crippen molar-refractivity contribution >= 4 is 11.8 Å². The number of carbonyl (C=O) groups is 2. The molecule has 8 heavy (non-hydrogen) atoms. The molecule has 0 heterocycles. The fraction of sp³-hybridized carbons (Fsp3) is 0.600. The number of rotatable bonds is 2. The third-order valence-electron chi connectivity index (χ3n) is 0.621. The Morgan fingerprint density at radius 2 is 2.00 bits per heavy atom. The van der Waals surface area contributed by atoms with Gasteiger partial charge in [-0.05, 0) is 6.92 Å². The van der Waals surface area contributed by atoms with E-state index in [0.717, 1.165) is 0 Å². The van der Waals surface area contributed by atoms with E-state index in [-0.39, 0.29) is 12.2 Å². The summed E-state index contributed by atoms with van der Waals surface area (Å²) in [5.74, 6) is -0.644. The highest BCUT2D eigenvalue weighted by atomic mass is 16.6. The van der Waals surface area contributed by atoms with E-state index < -0.39 is 5.97 Å². The van der Waals surface area contributed by atoms with Crippen LogP contribution in [0, 0.1) is 0 Å². The fourth-order valence-corrected chi connectivity index (χ4v) is 0.275. The van der Waals surface area contributed by atoms with Crippen molar-refractivity contribution in [2.45, 2.75) is 13.3 Å². The van der Waals surface area contributed by atoms with Gasteiger partial charge in [0.2, 0.25) is 0 Å². The second-order valence-corrected chi connectivity index (χ2v) is 1.45. The van der Waals surface area contributed by atoms with Crippen LogP contribution in [0.5, 0.6) is 0 Å². The molecule has 0 N–H and O–H groups in total. The van der Waals surface area contributed by atoms with Gasteiger partial charge in [0.25, 0.3) is 0 Å². The van der Waals surface area contributed by atoms with E-state index in [2.05, 4.69) is 4.74 Å². The molecule has 0 aromatic rings. The summed E-state index contributed by atoms with van der Waals surface area (Å²) in [4.78, 5) is 20.3. The van der Waals surface area contributed by atoms with Crippen LogP contribution in [0.1, 0.15) is 13.3 Å². The average Bonchev–Trinajstić information content (AvgIpc) is 1.65. The maximum absolute atomic E-state index is 10.2. The van der Waals surface area contributed by atoms with Crippen molar-refractivity contribution in [1.29, 1.82) is 0 Å². The summed E-state index contributed by atoms with van der Waals surface area (Å²) >= 11 is 0. The molecule has 0 saturated carbocycles. The third kappa shape index (κ3) is 3.33. The zero-order chi connectivity index (χ0) is 6.57. The number of methoxy groups -OCH3 is 1. The molecule has 46 valence electrons. The molecular weight excluding hydrogens is 112 g/mol. The van der Waals surface area contributed by atoms with Crippen molar-refractivity contribution in [2.24, 2.45) is 0 Å². The Labute approximate surface area is 47.6 Å². The first kappa shape index (κ1) is 7.14. The minimum atomic E-state index is -0.475. The van der Waals surface area contributed by atoms with E-state index in [1.54, 1.807) is 0 Å². The maximum Gasteiger partial charge on any atom is 0.313 e. The lowest BCUT2D eigenvalue weighted by molar-refractivity contribution is -0.142. The Balaban J connectivity index is 3.40. The SMILES string of the molecule is CO[13C](=O)[13CH2][13C]([13CH3])=O. The first-order valence-electron chi connectivity index (χ1n) is 2.23. The lowest BCUT2D eigenvalue weighted by Gasteiger charge is -1.90. The molecule has 0 aromatic carbocycles. The summed E-state index contributed by atoms with van der Waals surface area (Å²) in [5.41, 5.74) is 0. The Bertz CT molecular complexity index is 106. The molecule has 0 amide bonds. The lowest BCUT2D eigenvalue weighted by atomic mass is 11.3. The Hall–Kier alpha value is -0.860. The van der Waals surface area contributed by atoms with Crippen LogP contribution in [0.25, 0.3) is 0 Å². The fourth-order valence-electron chi connectivity index (χ4n) is 0.275. The quantitative estimate of drug-likeness (QED) is 0.295. The highest BCUT2D eigenvalue weighted by molar-refractivity contribution is 5.93. The number of Topliss-reactive ketones (excluding diaryl/α,β-unsaturated/α-hetero) is 1. The minimum Gasteiger partial charge on any atom is -0.469 e. The van der Waals surface area contributed by atoms with Gasteiger partial charge >= 0.3 is 5.97 Å². The Kier molecular flexibility index (Phi) is 2.84. The first-order valence-corrected chi connectivity index (χ1v) is 2.23. The highest BCUT2D eigenvalue weighted by Crippen LogP contribution is 1.83. The van der Waals surface area contributed by atoms with Crippen molar-refractivity contribution < 1.29 is 14.3 Å². The Morgan fingerprint density at radius 1 is 1.50 bits per heavy atom. The molecule has 0 spiro atoms. The largest absolute Gasteiger partial charge is 0.469 e. The summed E-state index contributed by atoms with van der Waals surface area (Å²) in [5, 5.41) is 0. The molecule has 0 aliphatic carbocycles. The van der Waals surface area contributed by atoms with Gasteiger partial charge < -0.3 is 4.74 Å². The van der Waals surface area contributed by atoms with E-state index in [9.17, 15) is 9.59 Å². The normalized spacial score (nSPS) is 8.25. The summed E-state index contributed by atoms with van der Waals surface area (Å²) < 4.78 is 4.20. The van der Waals surface area contributed by atoms with Gasteiger partial charge in [-0.2, -0.15) is 0 Å². The maximum atomic E-state index is 10.2. The number of hydrogen-bond donors (Lipinski definition) is 0. The van der Waals surface area contributed by atoms with Gasteiger partial charge in [0, 0.05) is 0 Å². The van der Waals surface area contributed by atoms with Crippen LogP contribution in [0.3, 0.4) is 0 Å². The molecule has 0 radical (unpaired) electrons. The summed E-state index contributed by atoms with van der Waals surface area (Å²) in [6.07, 6.45) is -0.115. The molecule has 3 nitrogen and oxygen atoms in total. The van der Waals surface area contributed by atoms with Crippen LogP contribution in [0.2, 0.25) is 0 Å². The predicted octanol–water partition coefficient (Wildman–Crippen LogP) is 0.138. The molecule has 0 aromatic heterocycles. The summed E-state index contributed by atoms with van der Waals surface area (Å²) in [6, 6.07) is 0. The second-order valence-electron chi connectivity index (χ2n) is 1.45. The van der Waals surface area contributed by atoms with Gasteiger partial charge in [0.1, 0.15) is 12.2 Å². The lowest BCUT2D eigenvalue weighted by Crippen LogP contribution is -2.05. The van der Waals surface area contributed by atoms with Gasteiger partial charge in [-0.15, -0.1) is 0 Å². The smallest absolute Gasteiger partial charge is 0.313 e. The van der Waals surface area contributed by atoms with Crippen LogP contribution in [-0.4, -0.2) is 18.9 Å². The average molecular weight is 120 g/mol. The molecule has 0 rings (SSSR count).